The molecule has 126 valence electrons. The van der Waals surface area contributed by atoms with Crippen molar-refractivity contribution in [2.45, 2.75) is 39.0 Å². The van der Waals surface area contributed by atoms with Crippen molar-refractivity contribution >= 4 is 10.0 Å². The highest BCUT2D eigenvalue weighted by atomic mass is 32.2. The van der Waals surface area contributed by atoms with Crippen molar-refractivity contribution in [2.24, 2.45) is 0 Å². The Labute approximate surface area is 136 Å². The Morgan fingerprint density at radius 3 is 2.43 bits per heavy atom. The van der Waals surface area contributed by atoms with Crippen LogP contribution in [0, 0.1) is 27.7 Å². The first kappa shape index (κ1) is 17.5. The van der Waals surface area contributed by atoms with E-state index in [1.54, 1.807) is 21.0 Å². The van der Waals surface area contributed by atoms with Gasteiger partial charge in [0, 0.05) is 6.54 Å². The number of sulfonamides is 1. The molecule has 2 rings (SSSR count). The van der Waals surface area contributed by atoms with Crippen LogP contribution in [0.1, 0.15) is 28.1 Å². The minimum Gasteiger partial charge on any atom is -0.496 e. The first-order chi connectivity index (χ1) is 10.8. The minimum absolute atomic E-state index is 0.125. The van der Waals surface area contributed by atoms with Crippen LogP contribution in [-0.2, 0) is 16.4 Å². The fraction of sp³-hybridized carbons (Fsp3) is 0.438. The molecule has 0 radical (unpaired) electrons. The van der Waals surface area contributed by atoms with Gasteiger partial charge >= 0.3 is 0 Å². The van der Waals surface area contributed by atoms with E-state index in [9.17, 15) is 8.42 Å². The Hall–Kier alpha value is -1.86. The molecule has 0 atom stereocenters. The van der Waals surface area contributed by atoms with Gasteiger partial charge in [-0.1, -0.05) is 11.2 Å². The maximum absolute atomic E-state index is 12.3. The fourth-order valence-electron chi connectivity index (χ4n) is 2.59. The smallest absolute Gasteiger partial charge is 0.245 e. The van der Waals surface area contributed by atoms with E-state index in [1.807, 2.05) is 26.0 Å². The second-order valence-corrected chi connectivity index (χ2v) is 7.18. The molecule has 0 bridgehead atoms. The zero-order valence-electron chi connectivity index (χ0n) is 14.1. The van der Waals surface area contributed by atoms with Gasteiger partial charge in [-0.15, -0.1) is 0 Å². The summed E-state index contributed by atoms with van der Waals surface area (Å²) < 4.78 is 37.5. The minimum atomic E-state index is -3.62. The molecule has 0 amide bonds. The van der Waals surface area contributed by atoms with Crippen LogP contribution in [0.25, 0.3) is 0 Å². The number of rotatable bonds is 6. The van der Waals surface area contributed by atoms with Crippen LogP contribution in [0.3, 0.4) is 0 Å². The third-order valence-corrected chi connectivity index (χ3v) is 5.70. The highest BCUT2D eigenvalue weighted by molar-refractivity contribution is 7.89. The van der Waals surface area contributed by atoms with Gasteiger partial charge in [0.1, 0.15) is 16.3 Å². The van der Waals surface area contributed by atoms with Crippen molar-refractivity contribution in [3.8, 4) is 5.75 Å². The summed E-state index contributed by atoms with van der Waals surface area (Å²) in [7, 11) is -1.98. The topological polar surface area (TPSA) is 81.4 Å². The van der Waals surface area contributed by atoms with Crippen LogP contribution in [0.4, 0.5) is 0 Å². The van der Waals surface area contributed by atoms with E-state index >= 15 is 0 Å². The molecule has 0 spiro atoms. The van der Waals surface area contributed by atoms with Crippen LogP contribution >= 0.6 is 0 Å². The summed E-state index contributed by atoms with van der Waals surface area (Å²) >= 11 is 0. The second-order valence-electron chi connectivity index (χ2n) is 5.48. The van der Waals surface area contributed by atoms with E-state index in [4.69, 9.17) is 9.26 Å². The summed E-state index contributed by atoms with van der Waals surface area (Å²) in [4.78, 5) is 0.125. The molecule has 1 aromatic heterocycles. The number of benzene rings is 1. The Morgan fingerprint density at radius 2 is 1.87 bits per heavy atom. The van der Waals surface area contributed by atoms with Crippen LogP contribution in [-0.4, -0.2) is 27.2 Å². The Kier molecular flexibility index (Phi) is 5.11. The summed E-state index contributed by atoms with van der Waals surface area (Å²) in [5.41, 5.74) is 3.63. The van der Waals surface area contributed by atoms with E-state index in [1.165, 1.54) is 0 Å². The molecule has 6 nitrogen and oxygen atoms in total. The van der Waals surface area contributed by atoms with Gasteiger partial charge in [-0.05, 0) is 56.9 Å². The molecule has 1 N–H and O–H groups in total. The SMILES string of the molecule is COc1ccc(CCNS(=O)(=O)c2c(C)noc2C)c(C)c1C. The Morgan fingerprint density at radius 1 is 1.17 bits per heavy atom. The van der Waals surface area contributed by atoms with E-state index < -0.39 is 10.0 Å². The van der Waals surface area contributed by atoms with Gasteiger partial charge in [-0.3, -0.25) is 0 Å². The van der Waals surface area contributed by atoms with Gasteiger partial charge in [0.05, 0.1) is 7.11 Å². The van der Waals surface area contributed by atoms with Gasteiger partial charge in [0.15, 0.2) is 5.76 Å². The van der Waals surface area contributed by atoms with Crippen LogP contribution in [0.15, 0.2) is 21.6 Å². The van der Waals surface area contributed by atoms with Crippen molar-refractivity contribution in [3.63, 3.8) is 0 Å². The van der Waals surface area contributed by atoms with Crippen molar-refractivity contribution in [1.29, 1.82) is 0 Å². The number of ether oxygens (including phenoxy) is 1. The highest BCUT2D eigenvalue weighted by Crippen LogP contribution is 2.24. The summed E-state index contributed by atoms with van der Waals surface area (Å²) in [6.07, 6.45) is 0.597. The number of methoxy groups -OCH3 is 1. The lowest BCUT2D eigenvalue weighted by Gasteiger charge is -2.13. The third-order valence-electron chi connectivity index (χ3n) is 3.99. The average molecular weight is 338 g/mol. The van der Waals surface area contributed by atoms with Gasteiger partial charge in [-0.25, -0.2) is 13.1 Å². The van der Waals surface area contributed by atoms with Crippen LogP contribution < -0.4 is 9.46 Å². The number of aryl methyl sites for hydroxylation is 2. The Bertz CT molecular complexity index is 790. The van der Waals surface area contributed by atoms with E-state index in [-0.39, 0.29) is 4.90 Å². The van der Waals surface area contributed by atoms with Gasteiger partial charge in [0.25, 0.3) is 0 Å². The molecule has 23 heavy (non-hydrogen) atoms. The number of nitrogens with zero attached hydrogens (tertiary/aromatic N) is 1. The molecule has 2 aromatic rings. The summed E-state index contributed by atoms with van der Waals surface area (Å²) in [6.45, 7) is 7.51. The maximum atomic E-state index is 12.3. The average Bonchev–Trinajstić information content (AvgIpc) is 2.83. The normalized spacial score (nSPS) is 11.7. The monoisotopic (exact) mass is 338 g/mol. The van der Waals surface area contributed by atoms with Crippen molar-refractivity contribution in [3.05, 3.63) is 40.3 Å². The quantitative estimate of drug-likeness (QED) is 0.875. The van der Waals surface area contributed by atoms with Crippen LogP contribution in [0.5, 0.6) is 5.75 Å². The highest BCUT2D eigenvalue weighted by Gasteiger charge is 2.23. The van der Waals surface area contributed by atoms with E-state index in [0.717, 1.165) is 22.4 Å². The van der Waals surface area contributed by atoms with Crippen molar-refractivity contribution < 1.29 is 17.7 Å². The molecule has 7 heteroatoms. The molecule has 0 saturated carbocycles. The molecule has 0 aliphatic heterocycles. The van der Waals surface area contributed by atoms with Gasteiger partial charge < -0.3 is 9.26 Å². The van der Waals surface area contributed by atoms with Gasteiger partial charge in [0.2, 0.25) is 10.0 Å². The predicted octanol–water partition coefficient (Wildman–Crippen LogP) is 2.44. The number of hydrogen-bond donors (Lipinski definition) is 1. The standard InChI is InChI=1S/C16H22N2O4S/c1-10-11(2)15(21-5)7-6-14(10)8-9-17-23(19,20)16-12(3)18-22-13(16)4/h6-7,17H,8-9H2,1-5H3. The Balaban J connectivity index is 2.10. The van der Waals surface area contributed by atoms with Crippen molar-refractivity contribution in [2.75, 3.05) is 13.7 Å². The summed E-state index contributed by atoms with van der Waals surface area (Å²) in [5.74, 6) is 1.13. The maximum Gasteiger partial charge on any atom is 0.245 e. The zero-order chi connectivity index (χ0) is 17.2. The lowest BCUT2D eigenvalue weighted by molar-refractivity contribution is 0.390. The largest absolute Gasteiger partial charge is 0.496 e. The summed E-state index contributed by atoms with van der Waals surface area (Å²) in [6, 6.07) is 3.87. The molecule has 0 fully saturated rings. The first-order valence-corrected chi connectivity index (χ1v) is 8.82. The lowest BCUT2D eigenvalue weighted by atomic mass is 10.0. The molecule has 0 aliphatic carbocycles. The lowest BCUT2D eigenvalue weighted by Crippen LogP contribution is -2.27. The molecule has 1 heterocycles. The molecule has 0 aliphatic rings. The molecule has 0 unspecified atom stereocenters. The summed E-state index contributed by atoms with van der Waals surface area (Å²) in [5, 5.41) is 3.69. The number of nitrogens with one attached hydrogen (secondary N) is 1. The van der Waals surface area contributed by atoms with E-state index in [0.29, 0.717) is 24.4 Å². The molecule has 1 aromatic carbocycles. The van der Waals surface area contributed by atoms with Crippen LogP contribution in [0.2, 0.25) is 0 Å². The zero-order valence-corrected chi connectivity index (χ0v) is 14.9. The van der Waals surface area contributed by atoms with E-state index in [2.05, 4.69) is 9.88 Å². The molecule has 0 saturated heterocycles. The second kappa shape index (κ2) is 6.72. The first-order valence-electron chi connectivity index (χ1n) is 7.33. The van der Waals surface area contributed by atoms with Crippen molar-refractivity contribution in [1.82, 2.24) is 9.88 Å². The van der Waals surface area contributed by atoms with Gasteiger partial charge in [-0.2, -0.15) is 0 Å². The number of hydrogen-bond acceptors (Lipinski definition) is 5. The third kappa shape index (κ3) is 3.56. The fourth-order valence-corrected chi connectivity index (χ4v) is 3.95. The molecular weight excluding hydrogens is 316 g/mol. The predicted molar refractivity (Wildman–Crippen MR) is 87.3 cm³/mol. The molecular formula is C16H22N2O4S. The number of aromatic nitrogens is 1.